The topological polar surface area (TPSA) is 55.1 Å². The number of nitrogens with zero attached hydrogens (tertiary/aromatic N) is 1. The van der Waals surface area contributed by atoms with Gasteiger partial charge in [0.25, 0.3) is 5.91 Å². The zero-order valence-electron chi connectivity index (χ0n) is 11.6. The van der Waals surface area contributed by atoms with Gasteiger partial charge in [-0.25, -0.2) is 0 Å². The molecule has 0 unspecified atom stereocenters. The minimum atomic E-state index is -0.115. The summed E-state index contributed by atoms with van der Waals surface area (Å²) in [5.41, 5.74) is 2.44. The van der Waals surface area contributed by atoms with E-state index >= 15 is 0 Å². The van der Waals surface area contributed by atoms with Crippen molar-refractivity contribution in [3.8, 4) is 0 Å². The lowest BCUT2D eigenvalue weighted by atomic mass is 10.1. The molecular weight excluding hydrogens is 320 g/mol. The van der Waals surface area contributed by atoms with Crippen molar-refractivity contribution in [3.63, 3.8) is 0 Å². The van der Waals surface area contributed by atoms with Gasteiger partial charge in [-0.2, -0.15) is 0 Å². The molecule has 2 aromatic rings. The molecule has 1 heterocycles. The first-order valence-electron chi connectivity index (χ1n) is 6.53. The van der Waals surface area contributed by atoms with Crippen LogP contribution in [0.3, 0.4) is 0 Å². The van der Waals surface area contributed by atoms with Crippen molar-refractivity contribution >= 4 is 21.8 Å². The van der Waals surface area contributed by atoms with E-state index in [1.54, 1.807) is 13.8 Å². The number of carbonyl (C=O) groups is 1. The highest BCUT2D eigenvalue weighted by atomic mass is 79.9. The molecule has 0 aliphatic heterocycles. The van der Waals surface area contributed by atoms with Crippen molar-refractivity contribution in [2.45, 2.75) is 26.7 Å². The van der Waals surface area contributed by atoms with Gasteiger partial charge in [0, 0.05) is 11.0 Å². The summed E-state index contributed by atoms with van der Waals surface area (Å²) in [4.78, 5) is 12.0. The highest BCUT2D eigenvalue weighted by molar-refractivity contribution is 9.10. The highest BCUT2D eigenvalue weighted by Crippen LogP contribution is 2.13. The molecule has 1 N–H and O–H groups in total. The number of amides is 1. The van der Waals surface area contributed by atoms with Gasteiger partial charge in [-0.15, -0.1) is 0 Å². The largest absolute Gasteiger partial charge is 0.361 e. The van der Waals surface area contributed by atoms with Gasteiger partial charge in [0.15, 0.2) is 0 Å². The van der Waals surface area contributed by atoms with Gasteiger partial charge in [0.05, 0.1) is 5.69 Å². The van der Waals surface area contributed by atoms with E-state index in [9.17, 15) is 4.79 Å². The summed E-state index contributed by atoms with van der Waals surface area (Å²) in [7, 11) is 0. The number of hydrogen-bond donors (Lipinski definition) is 1. The fourth-order valence-corrected chi connectivity index (χ4v) is 2.53. The average Bonchev–Trinajstić information content (AvgIpc) is 2.74. The third-order valence-electron chi connectivity index (χ3n) is 3.08. The molecule has 5 heteroatoms. The molecule has 20 heavy (non-hydrogen) atoms. The molecule has 0 bridgehead atoms. The Morgan fingerprint density at radius 2 is 2.20 bits per heavy atom. The Morgan fingerprint density at radius 1 is 1.40 bits per heavy atom. The van der Waals surface area contributed by atoms with Crippen molar-refractivity contribution in [1.29, 1.82) is 0 Å². The van der Waals surface area contributed by atoms with Gasteiger partial charge in [-0.1, -0.05) is 33.2 Å². The second-order valence-electron chi connectivity index (χ2n) is 4.69. The number of rotatable bonds is 5. The molecule has 2 rings (SSSR count). The Kier molecular flexibility index (Phi) is 4.95. The Hall–Kier alpha value is -1.62. The van der Waals surface area contributed by atoms with Crippen LogP contribution in [0.1, 0.15) is 33.8 Å². The second-order valence-corrected chi connectivity index (χ2v) is 5.60. The SMILES string of the molecule is Cc1noc(C)c1C(=O)NCCCc1cccc(Br)c1. The van der Waals surface area contributed by atoms with Gasteiger partial charge >= 0.3 is 0 Å². The Morgan fingerprint density at radius 3 is 2.85 bits per heavy atom. The maximum atomic E-state index is 12.0. The molecule has 0 fully saturated rings. The molecule has 1 amide bonds. The Bertz CT molecular complexity index is 588. The number of carbonyl (C=O) groups excluding carboxylic acids is 1. The molecule has 106 valence electrons. The monoisotopic (exact) mass is 336 g/mol. The van der Waals surface area contributed by atoms with Crippen molar-refractivity contribution in [2.75, 3.05) is 6.54 Å². The number of aromatic nitrogens is 1. The molecule has 0 spiro atoms. The fourth-order valence-electron chi connectivity index (χ4n) is 2.08. The van der Waals surface area contributed by atoms with Crippen molar-refractivity contribution in [1.82, 2.24) is 10.5 Å². The normalized spacial score (nSPS) is 10.6. The van der Waals surface area contributed by atoms with E-state index in [1.165, 1.54) is 5.56 Å². The van der Waals surface area contributed by atoms with Crippen LogP contribution in [0.15, 0.2) is 33.3 Å². The van der Waals surface area contributed by atoms with Crippen LogP contribution in [0.2, 0.25) is 0 Å². The van der Waals surface area contributed by atoms with Crippen LogP contribution in [0.5, 0.6) is 0 Å². The molecule has 0 saturated heterocycles. The van der Waals surface area contributed by atoms with Gasteiger partial charge in [-0.05, 0) is 44.4 Å². The minimum absolute atomic E-state index is 0.115. The lowest BCUT2D eigenvalue weighted by Gasteiger charge is -2.05. The zero-order chi connectivity index (χ0) is 14.5. The van der Waals surface area contributed by atoms with Crippen LogP contribution in [0, 0.1) is 13.8 Å². The summed E-state index contributed by atoms with van der Waals surface area (Å²) in [6, 6.07) is 8.20. The van der Waals surface area contributed by atoms with E-state index in [-0.39, 0.29) is 5.91 Å². The molecule has 1 aromatic heterocycles. The predicted octanol–water partition coefficient (Wildman–Crippen LogP) is 3.42. The van der Waals surface area contributed by atoms with Gasteiger partial charge < -0.3 is 9.84 Å². The van der Waals surface area contributed by atoms with Crippen molar-refractivity contribution in [2.24, 2.45) is 0 Å². The van der Waals surface area contributed by atoms with Crippen molar-refractivity contribution < 1.29 is 9.32 Å². The number of hydrogen-bond acceptors (Lipinski definition) is 3. The quantitative estimate of drug-likeness (QED) is 0.851. The first-order valence-corrected chi connectivity index (χ1v) is 7.32. The minimum Gasteiger partial charge on any atom is -0.361 e. The van der Waals surface area contributed by atoms with E-state index < -0.39 is 0 Å². The summed E-state index contributed by atoms with van der Waals surface area (Å²) in [5.74, 6) is 0.447. The summed E-state index contributed by atoms with van der Waals surface area (Å²) < 4.78 is 6.07. The Balaban J connectivity index is 1.80. The third-order valence-corrected chi connectivity index (χ3v) is 3.57. The van der Waals surface area contributed by atoms with E-state index in [2.05, 4.69) is 38.5 Å². The van der Waals surface area contributed by atoms with Gasteiger partial charge in [0.1, 0.15) is 11.3 Å². The van der Waals surface area contributed by atoms with Crippen LogP contribution in [0.25, 0.3) is 0 Å². The maximum Gasteiger partial charge on any atom is 0.256 e. The summed E-state index contributed by atoms with van der Waals surface area (Å²) in [6.45, 7) is 4.15. The van der Waals surface area contributed by atoms with E-state index in [0.29, 0.717) is 23.6 Å². The van der Waals surface area contributed by atoms with Crippen molar-refractivity contribution in [3.05, 3.63) is 51.3 Å². The molecule has 0 atom stereocenters. The molecule has 1 aromatic carbocycles. The van der Waals surface area contributed by atoms with Crippen LogP contribution >= 0.6 is 15.9 Å². The third kappa shape index (κ3) is 3.70. The lowest BCUT2D eigenvalue weighted by molar-refractivity contribution is 0.0951. The number of nitrogens with one attached hydrogen (secondary N) is 1. The van der Waals surface area contributed by atoms with Gasteiger partial charge in [-0.3, -0.25) is 4.79 Å². The number of halogens is 1. The maximum absolute atomic E-state index is 12.0. The van der Waals surface area contributed by atoms with Crippen LogP contribution in [-0.2, 0) is 6.42 Å². The molecule has 4 nitrogen and oxygen atoms in total. The van der Waals surface area contributed by atoms with Crippen LogP contribution in [-0.4, -0.2) is 17.6 Å². The Labute approximate surface area is 126 Å². The van der Waals surface area contributed by atoms with Crippen LogP contribution < -0.4 is 5.32 Å². The zero-order valence-corrected chi connectivity index (χ0v) is 13.2. The summed E-state index contributed by atoms with van der Waals surface area (Å²) in [6.07, 6.45) is 1.83. The molecule has 0 radical (unpaired) electrons. The molecule has 0 aliphatic rings. The van der Waals surface area contributed by atoms with Crippen LogP contribution in [0.4, 0.5) is 0 Å². The predicted molar refractivity (Wildman–Crippen MR) is 80.8 cm³/mol. The van der Waals surface area contributed by atoms with E-state index in [1.807, 2.05) is 12.1 Å². The fraction of sp³-hybridized carbons (Fsp3) is 0.333. The molecular formula is C15H17BrN2O2. The van der Waals surface area contributed by atoms with Gasteiger partial charge in [0.2, 0.25) is 0 Å². The molecule has 0 saturated carbocycles. The summed E-state index contributed by atoms with van der Waals surface area (Å²) in [5, 5.41) is 6.68. The number of benzene rings is 1. The van der Waals surface area contributed by atoms with E-state index in [4.69, 9.17) is 4.52 Å². The van der Waals surface area contributed by atoms with E-state index in [0.717, 1.165) is 17.3 Å². The number of aryl methyl sites for hydroxylation is 3. The lowest BCUT2D eigenvalue weighted by Crippen LogP contribution is -2.25. The smallest absolute Gasteiger partial charge is 0.256 e. The summed E-state index contributed by atoms with van der Waals surface area (Å²) >= 11 is 3.45. The first kappa shape index (κ1) is 14.8. The second kappa shape index (κ2) is 6.70. The molecule has 0 aliphatic carbocycles. The first-order chi connectivity index (χ1) is 9.58. The average molecular weight is 337 g/mol. The highest BCUT2D eigenvalue weighted by Gasteiger charge is 2.16. The standard InChI is InChI=1S/C15H17BrN2O2/c1-10-14(11(2)20-18-10)15(19)17-8-4-6-12-5-3-7-13(16)9-12/h3,5,7,9H,4,6,8H2,1-2H3,(H,17,19).